The number of nitrogens with two attached hydrogens (primary N) is 1. The second kappa shape index (κ2) is 9.02. The third-order valence-electron chi connectivity index (χ3n) is 4.25. The molecule has 0 fully saturated rings. The van der Waals surface area contributed by atoms with Crippen LogP contribution >= 0.6 is 24.2 Å². The van der Waals surface area contributed by atoms with Crippen LogP contribution in [0.1, 0.15) is 30.0 Å². The quantitative estimate of drug-likeness (QED) is 0.610. The van der Waals surface area contributed by atoms with Gasteiger partial charge in [-0.1, -0.05) is 6.07 Å². The van der Waals surface area contributed by atoms with E-state index in [1.807, 2.05) is 42.5 Å². The van der Waals surface area contributed by atoms with Crippen LogP contribution in [0.15, 0.2) is 47.4 Å². The van der Waals surface area contributed by atoms with Crippen LogP contribution in [0.4, 0.5) is 5.69 Å². The molecular formula is C19H23ClN2O2S. The van der Waals surface area contributed by atoms with Gasteiger partial charge in [0.2, 0.25) is 5.91 Å². The highest BCUT2D eigenvalue weighted by Gasteiger charge is 2.21. The Kier molecular flexibility index (Phi) is 7.02. The largest absolute Gasteiger partial charge is 0.497 e. The summed E-state index contributed by atoms with van der Waals surface area (Å²) in [4.78, 5) is 13.4. The molecule has 0 spiro atoms. The maximum atomic E-state index is 12.3. The molecule has 4 nitrogen and oxygen atoms in total. The SMILES string of the molecule is COc1ccc(SCC(=O)NC2CCCc3cc(N)ccc32)cc1.Cl. The maximum Gasteiger partial charge on any atom is 0.230 e. The number of halogens is 1. The van der Waals surface area contributed by atoms with Crippen molar-refractivity contribution in [2.75, 3.05) is 18.6 Å². The molecule has 2 aromatic rings. The first-order chi connectivity index (χ1) is 11.7. The summed E-state index contributed by atoms with van der Waals surface area (Å²) in [7, 11) is 1.64. The number of aryl methyl sites for hydroxylation is 1. The van der Waals surface area contributed by atoms with E-state index in [1.165, 1.54) is 22.9 Å². The summed E-state index contributed by atoms with van der Waals surface area (Å²) in [6.07, 6.45) is 3.09. The summed E-state index contributed by atoms with van der Waals surface area (Å²) in [6, 6.07) is 13.8. The first kappa shape index (κ1) is 19.5. The predicted octanol–water partition coefficient (Wildman–Crippen LogP) is 3.99. The zero-order chi connectivity index (χ0) is 16.9. The van der Waals surface area contributed by atoms with Gasteiger partial charge in [0.25, 0.3) is 0 Å². The van der Waals surface area contributed by atoms with E-state index >= 15 is 0 Å². The van der Waals surface area contributed by atoms with E-state index in [0.717, 1.165) is 35.6 Å². The summed E-state index contributed by atoms with van der Waals surface area (Å²) in [5, 5.41) is 3.16. The van der Waals surface area contributed by atoms with Gasteiger partial charge in [-0.25, -0.2) is 0 Å². The van der Waals surface area contributed by atoms with Crippen LogP contribution in [0, 0.1) is 0 Å². The van der Waals surface area contributed by atoms with Gasteiger partial charge in [0.1, 0.15) is 5.75 Å². The number of nitrogens with one attached hydrogen (secondary N) is 1. The number of hydrogen-bond acceptors (Lipinski definition) is 4. The number of rotatable bonds is 5. The van der Waals surface area contributed by atoms with Crippen LogP contribution in [-0.4, -0.2) is 18.8 Å². The number of fused-ring (bicyclic) bond motifs is 1. The van der Waals surface area contributed by atoms with Crippen molar-refractivity contribution in [2.24, 2.45) is 0 Å². The Balaban J connectivity index is 0.00000225. The van der Waals surface area contributed by atoms with E-state index < -0.39 is 0 Å². The molecular weight excluding hydrogens is 356 g/mol. The van der Waals surface area contributed by atoms with Gasteiger partial charge >= 0.3 is 0 Å². The number of carbonyl (C=O) groups is 1. The van der Waals surface area contributed by atoms with E-state index in [4.69, 9.17) is 10.5 Å². The topological polar surface area (TPSA) is 64.3 Å². The molecule has 3 N–H and O–H groups in total. The summed E-state index contributed by atoms with van der Waals surface area (Å²) in [6.45, 7) is 0. The van der Waals surface area contributed by atoms with Crippen LogP contribution in [0.2, 0.25) is 0 Å². The third-order valence-corrected chi connectivity index (χ3v) is 5.26. The highest BCUT2D eigenvalue weighted by atomic mass is 35.5. The average Bonchev–Trinajstić information content (AvgIpc) is 2.60. The third kappa shape index (κ3) is 5.06. The van der Waals surface area contributed by atoms with Gasteiger partial charge in [0, 0.05) is 10.6 Å². The predicted molar refractivity (Wildman–Crippen MR) is 106 cm³/mol. The van der Waals surface area contributed by atoms with Crippen molar-refractivity contribution in [3.63, 3.8) is 0 Å². The van der Waals surface area contributed by atoms with Gasteiger partial charge in [-0.2, -0.15) is 0 Å². The molecule has 3 rings (SSSR count). The zero-order valence-electron chi connectivity index (χ0n) is 14.2. The molecule has 6 heteroatoms. The van der Waals surface area contributed by atoms with Crippen LogP contribution in [0.3, 0.4) is 0 Å². The van der Waals surface area contributed by atoms with Crippen molar-refractivity contribution >= 4 is 35.8 Å². The molecule has 1 amide bonds. The second-order valence-electron chi connectivity index (χ2n) is 5.93. The Hall–Kier alpha value is -1.85. The normalized spacial score (nSPS) is 15.6. The minimum absolute atomic E-state index is 0. The monoisotopic (exact) mass is 378 g/mol. The molecule has 134 valence electrons. The molecule has 0 radical (unpaired) electrons. The van der Waals surface area contributed by atoms with Gasteiger partial charge in [-0.05, 0) is 66.8 Å². The molecule has 1 atom stereocenters. The molecule has 2 aromatic carbocycles. The summed E-state index contributed by atoms with van der Waals surface area (Å²) >= 11 is 1.53. The first-order valence-electron chi connectivity index (χ1n) is 8.10. The summed E-state index contributed by atoms with van der Waals surface area (Å²) < 4.78 is 5.14. The van der Waals surface area contributed by atoms with Crippen molar-refractivity contribution in [3.8, 4) is 5.75 Å². The van der Waals surface area contributed by atoms with Gasteiger partial charge in [-0.3, -0.25) is 4.79 Å². The minimum Gasteiger partial charge on any atom is -0.497 e. The standard InChI is InChI=1S/C19H22N2O2S.ClH/c1-23-15-6-8-16(9-7-15)24-12-19(22)21-18-4-2-3-13-11-14(20)5-10-17(13)18;/h5-11,18H,2-4,12,20H2,1H3,(H,21,22);1H. The van der Waals surface area contributed by atoms with Crippen LogP contribution < -0.4 is 15.8 Å². The number of ether oxygens (including phenoxy) is 1. The summed E-state index contributed by atoms with van der Waals surface area (Å²) in [5.74, 6) is 1.29. The smallest absolute Gasteiger partial charge is 0.230 e. The number of nitrogen functional groups attached to an aromatic ring is 1. The zero-order valence-corrected chi connectivity index (χ0v) is 15.8. The lowest BCUT2D eigenvalue weighted by Gasteiger charge is -2.26. The second-order valence-corrected chi connectivity index (χ2v) is 6.98. The van der Waals surface area contributed by atoms with E-state index in [9.17, 15) is 4.79 Å². The number of carbonyl (C=O) groups excluding carboxylic acids is 1. The Bertz CT molecular complexity index is 722. The lowest BCUT2D eigenvalue weighted by molar-refractivity contribution is -0.119. The number of thioether (sulfide) groups is 1. The number of amides is 1. The van der Waals surface area contributed by atoms with E-state index in [1.54, 1.807) is 7.11 Å². The number of methoxy groups -OCH3 is 1. The molecule has 0 saturated heterocycles. The van der Waals surface area contributed by atoms with Crippen molar-refractivity contribution in [1.29, 1.82) is 0 Å². The van der Waals surface area contributed by atoms with Crippen molar-refractivity contribution in [1.82, 2.24) is 5.32 Å². The Morgan fingerprint density at radius 1 is 1.28 bits per heavy atom. The fourth-order valence-corrected chi connectivity index (χ4v) is 3.75. The van der Waals surface area contributed by atoms with Crippen molar-refractivity contribution in [3.05, 3.63) is 53.6 Å². The van der Waals surface area contributed by atoms with Gasteiger partial charge in [-0.15, -0.1) is 24.2 Å². The fourth-order valence-electron chi connectivity index (χ4n) is 3.04. The highest BCUT2D eigenvalue weighted by molar-refractivity contribution is 8.00. The van der Waals surface area contributed by atoms with Crippen molar-refractivity contribution in [2.45, 2.75) is 30.2 Å². The molecule has 0 heterocycles. The molecule has 0 aromatic heterocycles. The Labute approximate surface area is 158 Å². The number of benzene rings is 2. The Morgan fingerprint density at radius 2 is 2.04 bits per heavy atom. The average molecular weight is 379 g/mol. The van der Waals surface area contributed by atoms with E-state index in [-0.39, 0.29) is 24.4 Å². The van der Waals surface area contributed by atoms with Crippen LogP contribution in [0.25, 0.3) is 0 Å². The van der Waals surface area contributed by atoms with Gasteiger partial charge in [0.05, 0.1) is 18.9 Å². The molecule has 0 saturated carbocycles. The molecule has 1 unspecified atom stereocenters. The molecule has 0 bridgehead atoms. The molecule has 1 aliphatic carbocycles. The number of anilines is 1. The Morgan fingerprint density at radius 3 is 2.76 bits per heavy atom. The number of hydrogen-bond donors (Lipinski definition) is 2. The van der Waals surface area contributed by atoms with E-state index in [2.05, 4.69) is 5.32 Å². The highest BCUT2D eigenvalue weighted by Crippen LogP contribution is 2.31. The first-order valence-corrected chi connectivity index (χ1v) is 9.09. The lowest BCUT2D eigenvalue weighted by Crippen LogP contribution is -2.32. The van der Waals surface area contributed by atoms with Crippen LogP contribution in [-0.2, 0) is 11.2 Å². The van der Waals surface area contributed by atoms with E-state index in [0.29, 0.717) is 5.75 Å². The molecule has 1 aliphatic rings. The van der Waals surface area contributed by atoms with Gasteiger partial charge < -0.3 is 15.8 Å². The minimum atomic E-state index is 0. The maximum absolute atomic E-state index is 12.3. The lowest BCUT2D eigenvalue weighted by atomic mass is 9.87. The summed E-state index contributed by atoms with van der Waals surface area (Å²) in [5.41, 5.74) is 9.11. The fraction of sp³-hybridized carbons (Fsp3) is 0.316. The molecule has 25 heavy (non-hydrogen) atoms. The molecule has 0 aliphatic heterocycles. The van der Waals surface area contributed by atoms with Crippen molar-refractivity contribution < 1.29 is 9.53 Å². The van der Waals surface area contributed by atoms with Crippen LogP contribution in [0.5, 0.6) is 5.75 Å². The van der Waals surface area contributed by atoms with Gasteiger partial charge in [0.15, 0.2) is 0 Å².